The Balaban J connectivity index is 1.26. The minimum Gasteiger partial charge on any atom is -0.616 e. The molecular weight excluding hydrogens is 655 g/mol. The standard InChI is InChI=1S/C31H40ClIN4O2S/c1-35(31(38)29-15-22(18-34)14-24-4-2-3-5-28(24)29)19-26(23-6-7-25(17-33)30(32)16-23)8-9-36-20-27(21-36)37-10-12-40(39)13-11-37/h6,14-16,25-27H,2-5,7-13,17,19-21H2,1H3. The fourth-order valence-electron chi connectivity index (χ4n) is 6.57. The van der Waals surface area contributed by atoms with Crippen molar-refractivity contribution in [2.45, 2.75) is 44.6 Å². The number of alkyl halides is 1. The summed E-state index contributed by atoms with van der Waals surface area (Å²) in [5, 5.41) is 10.5. The molecule has 216 valence electrons. The summed E-state index contributed by atoms with van der Waals surface area (Å²) in [6.07, 6.45) is 10.5. The van der Waals surface area contributed by atoms with Gasteiger partial charge in [-0.2, -0.15) is 5.26 Å². The molecule has 2 aliphatic heterocycles. The van der Waals surface area contributed by atoms with E-state index in [1.165, 1.54) is 11.1 Å². The van der Waals surface area contributed by atoms with Gasteiger partial charge in [-0.3, -0.25) is 9.69 Å². The van der Waals surface area contributed by atoms with E-state index in [2.05, 4.69) is 50.6 Å². The molecule has 0 spiro atoms. The summed E-state index contributed by atoms with van der Waals surface area (Å²) in [6.45, 7) is 5.64. The lowest BCUT2D eigenvalue weighted by molar-refractivity contribution is 0.0353. The molecule has 5 rings (SSSR count). The van der Waals surface area contributed by atoms with Gasteiger partial charge < -0.3 is 14.4 Å². The summed E-state index contributed by atoms with van der Waals surface area (Å²) in [6, 6.07) is 6.62. The largest absolute Gasteiger partial charge is 0.616 e. The molecule has 4 aliphatic rings. The second kappa shape index (κ2) is 13.9. The molecule has 40 heavy (non-hydrogen) atoms. The molecule has 2 unspecified atom stereocenters. The fourth-order valence-corrected chi connectivity index (χ4v) is 9.03. The van der Waals surface area contributed by atoms with Crippen LogP contribution in [0.1, 0.15) is 52.7 Å². The van der Waals surface area contributed by atoms with Crippen molar-refractivity contribution in [3.05, 3.63) is 57.1 Å². The third-order valence-electron chi connectivity index (χ3n) is 9.12. The number of rotatable bonds is 9. The van der Waals surface area contributed by atoms with Gasteiger partial charge >= 0.3 is 0 Å². The maximum absolute atomic E-state index is 13.8. The fraction of sp³-hybridized carbons (Fsp3) is 0.613. The Hall–Kier alpha value is -1.09. The topological polar surface area (TPSA) is 73.6 Å². The lowest BCUT2D eigenvalue weighted by Gasteiger charge is -2.47. The quantitative estimate of drug-likeness (QED) is 0.212. The zero-order valence-electron chi connectivity index (χ0n) is 23.4. The number of aryl methyl sites for hydroxylation is 1. The van der Waals surface area contributed by atoms with Crippen LogP contribution in [-0.4, -0.2) is 93.5 Å². The molecule has 2 fully saturated rings. The van der Waals surface area contributed by atoms with Crippen molar-refractivity contribution in [3.63, 3.8) is 0 Å². The van der Waals surface area contributed by atoms with Crippen LogP contribution in [0.4, 0.5) is 0 Å². The van der Waals surface area contributed by atoms with E-state index in [4.69, 9.17) is 11.6 Å². The summed E-state index contributed by atoms with van der Waals surface area (Å²) in [5.74, 6) is 2.20. The Bertz CT molecular complexity index is 1190. The number of carbonyl (C=O) groups excluding carboxylic acids is 1. The molecule has 0 aromatic heterocycles. The highest BCUT2D eigenvalue weighted by Gasteiger charge is 2.35. The van der Waals surface area contributed by atoms with E-state index in [1.807, 2.05) is 18.0 Å². The molecule has 2 heterocycles. The van der Waals surface area contributed by atoms with Gasteiger partial charge in [0.2, 0.25) is 0 Å². The highest BCUT2D eigenvalue weighted by molar-refractivity contribution is 14.1. The van der Waals surface area contributed by atoms with Gasteiger partial charge in [-0.05, 0) is 80.0 Å². The first-order valence-electron chi connectivity index (χ1n) is 14.6. The Morgan fingerprint density at radius 2 is 2.02 bits per heavy atom. The van der Waals surface area contributed by atoms with Gasteiger partial charge in [-0.1, -0.05) is 51.4 Å². The second-order valence-electron chi connectivity index (χ2n) is 11.8. The number of nitrogens with zero attached hydrogens (tertiary/aromatic N) is 4. The van der Waals surface area contributed by atoms with Crippen LogP contribution in [0.3, 0.4) is 0 Å². The molecule has 9 heteroatoms. The van der Waals surface area contributed by atoms with Gasteiger partial charge in [0.25, 0.3) is 5.91 Å². The summed E-state index contributed by atoms with van der Waals surface area (Å²) >= 11 is 8.48. The van der Waals surface area contributed by atoms with Crippen LogP contribution in [0.25, 0.3) is 0 Å². The van der Waals surface area contributed by atoms with E-state index in [0.717, 1.165) is 97.8 Å². The number of likely N-dealkylation sites (tertiary alicyclic amines) is 1. The third-order valence-corrected chi connectivity index (χ3v) is 11.9. The molecule has 1 amide bonds. The van der Waals surface area contributed by atoms with E-state index in [1.54, 1.807) is 6.07 Å². The number of halogens is 2. The van der Waals surface area contributed by atoms with Crippen LogP contribution in [0.2, 0.25) is 0 Å². The molecule has 0 saturated carbocycles. The van der Waals surface area contributed by atoms with Gasteiger partial charge in [0.15, 0.2) is 0 Å². The monoisotopic (exact) mass is 694 g/mol. The minimum atomic E-state index is -0.636. The Morgan fingerprint density at radius 3 is 2.73 bits per heavy atom. The first-order valence-corrected chi connectivity index (χ1v) is 18.0. The molecule has 1 aromatic carbocycles. The van der Waals surface area contributed by atoms with Crippen molar-refractivity contribution in [1.29, 1.82) is 5.26 Å². The number of amides is 1. The van der Waals surface area contributed by atoms with Gasteiger partial charge in [-0.25, -0.2) is 0 Å². The normalized spacial score (nSPS) is 23.4. The van der Waals surface area contributed by atoms with Crippen LogP contribution < -0.4 is 0 Å². The van der Waals surface area contributed by atoms with Crippen molar-refractivity contribution in [2.24, 2.45) is 11.8 Å². The summed E-state index contributed by atoms with van der Waals surface area (Å²) in [4.78, 5) is 20.7. The molecule has 0 radical (unpaired) electrons. The smallest absolute Gasteiger partial charge is 0.253 e. The molecule has 0 bridgehead atoms. The molecule has 2 aliphatic carbocycles. The maximum atomic E-state index is 13.8. The molecular formula is C31H40ClIN4O2S. The lowest BCUT2D eigenvalue weighted by atomic mass is 9.85. The van der Waals surface area contributed by atoms with Crippen LogP contribution >= 0.6 is 34.2 Å². The molecule has 0 N–H and O–H groups in total. The van der Waals surface area contributed by atoms with E-state index >= 15 is 0 Å². The van der Waals surface area contributed by atoms with Crippen LogP contribution in [-0.2, 0) is 24.0 Å². The first-order chi connectivity index (χ1) is 19.4. The SMILES string of the molecule is CN(CC(CCN1CC(N2CC[S+]([O-])CC2)C1)C1=CCC(CI)C(Cl)=C1)C(=O)c1cc(C#N)cc2c1CCCC2. The predicted octanol–water partition coefficient (Wildman–Crippen LogP) is 4.77. The van der Waals surface area contributed by atoms with Crippen molar-refractivity contribution >= 4 is 51.3 Å². The van der Waals surface area contributed by atoms with Crippen molar-refractivity contribution in [2.75, 3.05) is 62.2 Å². The Morgan fingerprint density at radius 1 is 1.27 bits per heavy atom. The van der Waals surface area contributed by atoms with Crippen LogP contribution in [0, 0.1) is 23.2 Å². The number of fused-ring (bicyclic) bond motifs is 1. The number of hydrogen-bond acceptors (Lipinski definition) is 5. The zero-order chi connectivity index (χ0) is 28.2. The van der Waals surface area contributed by atoms with Crippen LogP contribution in [0.5, 0.6) is 0 Å². The molecule has 6 nitrogen and oxygen atoms in total. The number of hydrogen-bond donors (Lipinski definition) is 0. The van der Waals surface area contributed by atoms with Gasteiger partial charge in [-0.15, -0.1) is 0 Å². The number of benzene rings is 1. The summed E-state index contributed by atoms with van der Waals surface area (Å²) in [7, 11) is 1.91. The maximum Gasteiger partial charge on any atom is 0.253 e. The lowest BCUT2D eigenvalue weighted by Crippen LogP contribution is -2.62. The number of nitriles is 1. The minimum absolute atomic E-state index is 0.0170. The van der Waals surface area contributed by atoms with Gasteiger partial charge in [0.1, 0.15) is 11.5 Å². The van der Waals surface area contributed by atoms with E-state index in [0.29, 0.717) is 29.6 Å². The predicted molar refractivity (Wildman–Crippen MR) is 172 cm³/mol. The average molecular weight is 695 g/mol. The van der Waals surface area contributed by atoms with Crippen molar-refractivity contribution < 1.29 is 9.35 Å². The summed E-state index contributed by atoms with van der Waals surface area (Å²) < 4.78 is 12.7. The van der Waals surface area contributed by atoms with E-state index in [9.17, 15) is 14.6 Å². The van der Waals surface area contributed by atoms with Gasteiger partial charge in [0.05, 0.1) is 11.6 Å². The number of allylic oxidation sites excluding steroid dienone is 3. The van der Waals surface area contributed by atoms with E-state index in [-0.39, 0.29) is 11.8 Å². The van der Waals surface area contributed by atoms with Crippen molar-refractivity contribution in [3.8, 4) is 6.07 Å². The number of carbonyl (C=O) groups is 1. The second-order valence-corrected chi connectivity index (χ2v) is 14.8. The zero-order valence-corrected chi connectivity index (χ0v) is 27.1. The molecule has 1 aromatic rings. The van der Waals surface area contributed by atoms with Crippen LogP contribution in [0.15, 0.2) is 34.9 Å². The molecule has 2 atom stereocenters. The van der Waals surface area contributed by atoms with E-state index < -0.39 is 11.2 Å². The third kappa shape index (κ3) is 7.09. The highest BCUT2D eigenvalue weighted by Crippen LogP contribution is 2.34. The Labute approximate surface area is 261 Å². The van der Waals surface area contributed by atoms with Crippen molar-refractivity contribution in [1.82, 2.24) is 14.7 Å². The highest BCUT2D eigenvalue weighted by atomic mass is 127. The van der Waals surface area contributed by atoms with Gasteiger partial charge in [0, 0.05) is 72.7 Å². The first kappa shape index (κ1) is 30.4. The Kier molecular flexibility index (Phi) is 10.6. The molecule has 2 saturated heterocycles. The summed E-state index contributed by atoms with van der Waals surface area (Å²) in [5.41, 5.74) is 4.83. The average Bonchev–Trinajstić information content (AvgIpc) is 2.95.